The second-order valence-corrected chi connectivity index (χ2v) is 6.36. The molecule has 106 valence electrons. The highest BCUT2D eigenvalue weighted by Gasteiger charge is 2.19. The van der Waals surface area contributed by atoms with Crippen molar-refractivity contribution in [2.24, 2.45) is 0 Å². The Bertz CT molecular complexity index is 156. The molecule has 0 heterocycles. The molecule has 0 aromatic carbocycles. The second-order valence-electron chi connectivity index (χ2n) is 4.41. The van der Waals surface area contributed by atoms with E-state index in [0.717, 1.165) is 0 Å². The largest absolute Gasteiger partial charge is 1.00 e. The van der Waals surface area contributed by atoms with Gasteiger partial charge in [-0.1, -0.05) is 6.04 Å². The van der Waals surface area contributed by atoms with Crippen LogP contribution in [0.2, 0.25) is 6.04 Å². The molecule has 0 atom stereocenters. The molecule has 0 bridgehead atoms. The van der Waals surface area contributed by atoms with Gasteiger partial charge in [0.1, 0.15) is 5.91 Å². The Balaban J connectivity index is 0. The first kappa shape index (κ1) is 20.2. The summed E-state index contributed by atoms with van der Waals surface area (Å²) in [6.07, 6.45) is 1.32. The molecule has 0 radical (unpaired) electrons. The fraction of sp³-hybridized carbons (Fsp3) is 1.00. The number of methoxy groups -OCH3 is 2. The van der Waals surface area contributed by atoms with E-state index in [9.17, 15) is 0 Å². The third-order valence-electron chi connectivity index (χ3n) is 3.86. The summed E-state index contributed by atoms with van der Waals surface area (Å²) in [4.78, 5) is 0. The van der Waals surface area contributed by atoms with E-state index in [4.69, 9.17) is 9.47 Å². The summed E-state index contributed by atoms with van der Waals surface area (Å²) in [5, 5.41) is 0. The van der Waals surface area contributed by atoms with Crippen LogP contribution in [0.1, 0.15) is 27.2 Å². The van der Waals surface area contributed by atoms with Gasteiger partial charge in [0.15, 0.2) is 0 Å². The van der Waals surface area contributed by atoms with E-state index < -0.39 is 0 Å². The minimum atomic E-state index is -0.221. The summed E-state index contributed by atoms with van der Waals surface area (Å²) < 4.78 is 11.8. The molecular weight excluding hydrogens is 345 g/mol. The molecule has 0 aliphatic rings. The zero-order valence-corrected chi connectivity index (χ0v) is 15.7. The minimum Gasteiger partial charge on any atom is -1.00 e. The van der Waals surface area contributed by atoms with E-state index in [1.54, 1.807) is 14.2 Å². The van der Waals surface area contributed by atoms with E-state index in [0.29, 0.717) is 0 Å². The zero-order valence-electron chi connectivity index (χ0n) is 12.2. The summed E-state index contributed by atoms with van der Waals surface area (Å²) in [6, 6.07) is 1.33. The third kappa shape index (κ3) is 7.76. The quantitative estimate of drug-likeness (QED) is 0.151. The van der Waals surface area contributed by atoms with E-state index in [2.05, 4.69) is 20.8 Å². The van der Waals surface area contributed by atoms with Crippen LogP contribution in [0.5, 0.6) is 0 Å². The topological polar surface area (TPSA) is 18.5 Å². The minimum absolute atomic E-state index is 0. The van der Waals surface area contributed by atoms with Crippen molar-refractivity contribution in [2.45, 2.75) is 39.1 Å². The summed E-state index contributed by atoms with van der Waals surface area (Å²) >= 11 is 0. The van der Waals surface area contributed by atoms with Crippen LogP contribution in [-0.2, 0) is 9.47 Å². The maximum Gasteiger partial charge on any atom is 0.134 e. The van der Waals surface area contributed by atoms with Crippen LogP contribution < -0.4 is 24.0 Å². The molecule has 0 saturated heterocycles. The lowest BCUT2D eigenvalue weighted by atomic mass is 10.3. The molecule has 17 heavy (non-hydrogen) atoms. The fourth-order valence-electron chi connectivity index (χ4n) is 2.24. The molecule has 5 heteroatoms. The van der Waals surface area contributed by atoms with Crippen molar-refractivity contribution in [2.75, 3.05) is 40.4 Å². The van der Waals surface area contributed by atoms with Gasteiger partial charge >= 0.3 is 0 Å². The molecule has 0 spiro atoms. The number of rotatable bonds is 10. The SMILES string of the molecule is CC[N+](CC)(CC)CCC[SiH2]C(OC)OC.[I-]. The van der Waals surface area contributed by atoms with Gasteiger partial charge in [-0.3, -0.25) is 0 Å². The van der Waals surface area contributed by atoms with Crippen molar-refractivity contribution in [3.8, 4) is 0 Å². The van der Waals surface area contributed by atoms with Gasteiger partial charge in [0.2, 0.25) is 0 Å². The number of halogens is 1. The summed E-state index contributed by atoms with van der Waals surface area (Å²) in [7, 11) is 3.26. The smallest absolute Gasteiger partial charge is 0.134 e. The lowest BCUT2D eigenvalue weighted by Crippen LogP contribution is -3.00. The highest BCUT2D eigenvalue weighted by molar-refractivity contribution is 6.36. The summed E-state index contributed by atoms with van der Waals surface area (Å²) in [5.41, 5.74) is 0. The van der Waals surface area contributed by atoms with Crippen LogP contribution in [0.4, 0.5) is 0 Å². The molecule has 0 fully saturated rings. The fourth-order valence-corrected chi connectivity index (χ4v) is 3.55. The van der Waals surface area contributed by atoms with E-state index in [1.165, 1.54) is 43.1 Å². The van der Waals surface area contributed by atoms with Gasteiger partial charge in [-0.25, -0.2) is 0 Å². The van der Waals surface area contributed by atoms with Gasteiger partial charge in [-0.2, -0.15) is 0 Å². The Hall–Kier alpha value is 0.827. The Kier molecular flexibility index (Phi) is 14.1. The second kappa shape index (κ2) is 11.9. The average Bonchev–Trinajstić information content (AvgIpc) is 2.35. The predicted octanol–water partition coefficient (Wildman–Crippen LogP) is -1.58. The van der Waals surface area contributed by atoms with Crippen molar-refractivity contribution in [3.63, 3.8) is 0 Å². The van der Waals surface area contributed by atoms with Crippen LogP contribution in [0.15, 0.2) is 0 Å². The van der Waals surface area contributed by atoms with Crippen LogP contribution in [0.3, 0.4) is 0 Å². The molecule has 0 aliphatic carbocycles. The molecule has 0 saturated carbocycles. The molecule has 0 aliphatic heterocycles. The van der Waals surface area contributed by atoms with Crippen LogP contribution in [0.25, 0.3) is 0 Å². The van der Waals surface area contributed by atoms with Crippen LogP contribution in [0, 0.1) is 0 Å². The number of nitrogens with zero attached hydrogens (tertiary/aromatic N) is 1. The number of hydrogen-bond donors (Lipinski definition) is 0. The lowest BCUT2D eigenvalue weighted by molar-refractivity contribution is -0.923. The Morgan fingerprint density at radius 2 is 1.47 bits per heavy atom. The molecule has 3 nitrogen and oxygen atoms in total. The third-order valence-corrected chi connectivity index (χ3v) is 5.91. The highest BCUT2D eigenvalue weighted by atomic mass is 127. The van der Waals surface area contributed by atoms with E-state index >= 15 is 0 Å². The monoisotopic (exact) mass is 375 g/mol. The molecule has 0 rings (SSSR count). The number of ether oxygens (including phenoxy) is 2. The van der Waals surface area contributed by atoms with Gasteiger partial charge in [0.05, 0.1) is 35.7 Å². The summed E-state index contributed by atoms with van der Waals surface area (Å²) in [5.74, 6) is 0.117. The van der Waals surface area contributed by atoms with Gasteiger partial charge in [-0.15, -0.1) is 0 Å². The molecule has 0 aromatic rings. The van der Waals surface area contributed by atoms with Crippen molar-refractivity contribution < 1.29 is 37.9 Å². The van der Waals surface area contributed by atoms with Crippen molar-refractivity contribution in [1.29, 1.82) is 0 Å². The number of hydrogen-bond acceptors (Lipinski definition) is 2. The predicted molar refractivity (Wildman–Crippen MR) is 72.5 cm³/mol. The lowest BCUT2D eigenvalue weighted by Gasteiger charge is -2.36. The molecular formula is C12H30INO2Si. The Morgan fingerprint density at radius 1 is 1.00 bits per heavy atom. The standard InChI is InChI=1S/C12H30NO2Si.HI/c1-6-13(7-2,8-3)10-9-11-16-12(14-4)15-5;/h12H,6-11,16H2,1-5H3;1H/q+1;/p-1. The first-order valence-corrected chi connectivity index (χ1v) is 8.40. The van der Waals surface area contributed by atoms with Gasteiger partial charge in [0, 0.05) is 14.2 Å². The van der Waals surface area contributed by atoms with Crippen molar-refractivity contribution in [3.05, 3.63) is 0 Å². The van der Waals surface area contributed by atoms with Gasteiger partial charge in [0.25, 0.3) is 0 Å². The van der Waals surface area contributed by atoms with Crippen LogP contribution in [-0.4, -0.2) is 60.3 Å². The maximum atomic E-state index is 5.25. The van der Waals surface area contributed by atoms with Crippen LogP contribution >= 0.6 is 0 Å². The van der Waals surface area contributed by atoms with Gasteiger partial charge < -0.3 is 37.9 Å². The highest BCUT2D eigenvalue weighted by Crippen LogP contribution is 2.09. The number of quaternary nitrogens is 1. The van der Waals surface area contributed by atoms with E-state index in [-0.39, 0.29) is 39.4 Å². The zero-order chi connectivity index (χ0) is 12.4. The average molecular weight is 375 g/mol. The molecule has 0 aromatic heterocycles. The normalized spacial score (nSPS) is 12.4. The Morgan fingerprint density at radius 3 is 1.82 bits per heavy atom. The first-order valence-electron chi connectivity index (χ1n) is 6.58. The van der Waals surface area contributed by atoms with Gasteiger partial charge in [-0.05, 0) is 27.2 Å². The Labute approximate surface area is 127 Å². The summed E-state index contributed by atoms with van der Waals surface area (Å²) in [6.45, 7) is 12.0. The molecule has 0 amide bonds. The van der Waals surface area contributed by atoms with Crippen molar-refractivity contribution in [1.82, 2.24) is 0 Å². The van der Waals surface area contributed by atoms with Crippen molar-refractivity contribution >= 4 is 9.52 Å². The molecule has 0 N–H and O–H groups in total. The first-order chi connectivity index (χ1) is 7.67. The van der Waals surface area contributed by atoms with E-state index in [1.807, 2.05) is 0 Å². The molecule has 0 unspecified atom stereocenters. The maximum absolute atomic E-state index is 5.25.